The van der Waals surface area contributed by atoms with Crippen LogP contribution in [0.1, 0.15) is 31.4 Å². The van der Waals surface area contributed by atoms with E-state index in [4.69, 9.17) is 10.5 Å². The zero-order valence-corrected chi connectivity index (χ0v) is 11.7. The molecule has 0 saturated carbocycles. The Morgan fingerprint density at radius 3 is 2.84 bits per heavy atom. The van der Waals surface area contributed by atoms with E-state index in [-0.39, 0.29) is 6.04 Å². The number of hydrogen-bond acceptors (Lipinski definition) is 5. The van der Waals surface area contributed by atoms with E-state index in [1.165, 1.54) is 0 Å². The molecule has 2 heterocycles. The number of likely N-dealkylation sites (N-methyl/N-ethyl adjacent to an activating group) is 1. The number of hydrogen-bond donors (Lipinski definition) is 2. The van der Waals surface area contributed by atoms with Crippen LogP contribution >= 0.6 is 0 Å². The van der Waals surface area contributed by atoms with Gasteiger partial charge >= 0.3 is 0 Å². The molecule has 1 aliphatic heterocycles. The van der Waals surface area contributed by atoms with Crippen LogP contribution in [0.2, 0.25) is 0 Å². The van der Waals surface area contributed by atoms with Gasteiger partial charge in [0.15, 0.2) is 0 Å². The van der Waals surface area contributed by atoms with Gasteiger partial charge in [0, 0.05) is 57.4 Å². The quantitative estimate of drug-likeness (QED) is 0.852. The molecule has 0 amide bonds. The largest absolute Gasteiger partial charge is 0.388 e. The predicted octanol–water partition coefficient (Wildman–Crippen LogP) is 1.08. The molecule has 1 aromatic heterocycles. The minimum Gasteiger partial charge on any atom is -0.388 e. The van der Waals surface area contributed by atoms with Crippen molar-refractivity contribution < 1.29 is 9.84 Å². The van der Waals surface area contributed by atoms with Gasteiger partial charge in [-0.25, -0.2) is 4.98 Å². The third-order valence-corrected chi connectivity index (χ3v) is 3.62. The van der Waals surface area contributed by atoms with Gasteiger partial charge in [-0.15, -0.1) is 0 Å². The van der Waals surface area contributed by atoms with Crippen LogP contribution in [-0.4, -0.2) is 42.5 Å². The first-order chi connectivity index (χ1) is 9.02. The van der Waals surface area contributed by atoms with Crippen LogP contribution < -0.4 is 10.6 Å². The third kappa shape index (κ3) is 3.43. The first-order valence-corrected chi connectivity index (χ1v) is 6.74. The second kappa shape index (κ2) is 5.86. The molecule has 2 rings (SSSR count). The van der Waals surface area contributed by atoms with Crippen LogP contribution in [0.25, 0.3) is 0 Å². The summed E-state index contributed by atoms with van der Waals surface area (Å²) in [7, 11) is 1.95. The lowest BCUT2D eigenvalue weighted by molar-refractivity contribution is -0.0573. The van der Waals surface area contributed by atoms with Crippen LogP contribution in [-0.2, 0) is 4.74 Å². The highest BCUT2D eigenvalue weighted by Crippen LogP contribution is 2.26. The molecule has 0 spiro atoms. The smallest absolute Gasteiger partial charge is 0.133 e. The number of pyridine rings is 1. The second-order valence-electron chi connectivity index (χ2n) is 5.40. The highest BCUT2D eigenvalue weighted by molar-refractivity contribution is 5.47. The Morgan fingerprint density at radius 1 is 1.53 bits per heavy atom. The average Bonchev–Trinajstić information content (AvgIpc) is 2.39. The van der Waals surface area contributed by atoms with Crippen molar-refractivity contribution in [2.45, 2.75) is 31.4 Å². The van der Waals surface area contributed by atoms with Gasteiger partial charge in [0.05, 0.1) is 5.60 Å². The normalized spacial score (nSPS) is 20.0. The molecule has 1 fully saturated rings. The number of nitrogens with zero attached hydrogens (tertiary/aromatic N) is 2. The number of anilines is 1. The van der Waals surface area contributed by atoms with Crippen molar-refractivity contribution in [3.05, 3.63) is 23.9 Å². The second-order valence-corrected chi connectivity index (χ2v) is 5.40. The molecular weight excluding hydrogens is 242 g/mol. The van der Waals surface area contributed by atoms with Gasteiger partial charge in [0.2, 0.25) is 0 Å². The van der Waals surface area contributed by atoms with Gasteiger partial charge in [-0.1, -0.05) is 6.07 Å². The summed E-state index contributed by atoms with van der Waals surface area (Å²) >= 11 is 0. The van der Waals surface area contributed by atoms with Gasteiger partial charge in [-0.2, -0.15) is 0 Å². The van der Waals surface area contributed by atoms with Gasteiger partial charge in [0.1, 0.15) is 5.82 Å². The predicted molar refractivity (Wildman–Crippen MR) is 75.1 cm³/mol. The van der Waals surface area contributed by atoms with Crippen LogP contribution in [0, 0.1) is 0 Å². The van der Waals surface area contributed by atoms with Crippen LogP contribution in [0.3, 0.4) is 0 Å². The van der Waals surface area contributed by atoms with Gasteiger partial charge in [-0.05, 0) is 13.0 Å². The average molecular weight is 265 g/mol. The van der Waals surface area contributed by atoms with E-state index in [1.807, 2.05) is 31.0 Å². The maximum atomic E-state index is 10.6. The zero-order chi connectivity index (χ0) is 13.9. The monoisotopic (exact) mass is 265 g/mol. The number of aromatic nitrogens is 1. The standard InChI is InChI=1S/C14H23N3O2/c1-11(15)12-4-3-7-16-13(12)17(2)10-14(18)5-8-19-9-6-14/h3-4,7,11,18H,5-6,8-10,15H2,1-2H3. The summed E-state index contributed by atoms with van der Waals surface area (Å²) < 4.78 is 5.30. The lowest BCUT2D eigenvalue weighted by atomic mass is 9.93. The summed E-state index contributed by atoms with van der Waals surface area (Å²) in [6.07, 6.45) is 3.08. The number of nitrogens with two attached hydrogens (primary N) is 1. The minimum atomic E-state index is -0.695. The lowest BCUT2D eigenvalue weighted by Gasteiger charge is -2.36. The molecule has 0 aromatic carbocycles. The maximum absolute atomic E-state index is 10.6. The van der Waals surface area contributed by atoms with E-state index in [1.54, 1.807) is 6.20 Å². The molecule has 106 valence electrons. The first-order valence-electron chi connectivity index (χ1n) is 6.74. The Hall–Kier alpha value is -1.17. The molecule has 3 N–H and O–H groups in total. The molecule has 0 aliphatic carbocycles. The molecule has 5 heteroatoms. The summed E-state index contributed by atoms with van der Waals surface area (Å²) in [6, 6.07) is 3.80. The summed E-state index contributed by atoms with van der Waals surface area (Å²) in [5, 5.41) is 10.6. The van der Waals surface area contributed by atoms with Gasteiger partial charge in [-0.3, -0.25) is 0 Å². The maximum Gasteiger partial charge on any atom is 0.133 e. The molecule has 1 atom stereocenters. The van der Waals surface area contributed by atoms with Crippen molar-refractivity contribution in [3.8, 4) is 0 Å². The van der Waals surface area contributed by atoms with Crippen molar-refractivity contribution >= 4 is 5.82 Å². The van der Waals surface area contributed by atoms with E-state index in [9.17, 15) is 5.11 Å². The fourth-order valence-corrected chi connectivity index (χ4v) is 2.51. The topological polar surface area (TPSA) is 71.6 Å². The number of aliphatic hydroxyl groups is 1. The van der Waals surface area contributed by atoms with Crippen LogP contribution in [0.15, 0.2) is 18.3 Å². The Bertz CT molecular complexity index is 417. The fraction of sp³-hybridized carbons (Fsp3) is 0.643. The molecule has 0 radical (unpaired) electrons. The molecule has 1 aliphatic rings. The Kier molecular flexibility index (Phi) is 4.39. The molecule has 5 nitrogen and oxygen atoms in total. The third-order valence-electron chi connectivity index (χ3n) is 3.62. The van der Waals surface area contributed by atoms with Crippen molar-refractivity contribution in [2.24, 2.45) is 5.73 Å². The van der Waals surface area contributed by atoms with E-state index in [0.29, 0.717) is 32.6 Å². The first kappa shape index (κ1) is 14.2. The van der Waals surface area contributed by atoms with E-state index in [0.717, 1.165) is 11.4 Å². The highest BCUT2D eigenvalue weighted by atomic mass is 16.5. The molecule has 1 unspecified atom stereocenters. The Labute approximate surface area is 114 Å². The molecule has 0 bridgehead atoms. The fourth-order valence-electron chi connectivity index (χ4n) is 2.51. The van der Waals surface area contributed by atoms with Crippen LogP contribution in [0.5, 0.6) is 0 Å². The van der Waals surface area contributed by atoms with Crippen molar-refractivity contribution in [1.29, 1.82) is 0 Å². The summed E-state index contributed by atoms with van der Waals surface area (Å²) in [4.78, 5) is 6.39. The lowest BCUT2D eigenvalue weighted by Crippen LogP contribution is -2.46. The number of ether oxygens (including phenoxy) is 1. The van der Waals surface area contributed by atoms with Gasteiger partial charge < -0.3 is 20.5 Å². The van der Waals surface area contributed by atoms with Gasteiger partial charge in [0.25, 0.3) is 0 Å². The van der Waals surface area contributed by atoms with Crippen molar-refractivity contribution in [3.63, 3.8) is 0 Å². The minimum absolute atomic E-state index is 0.0736. The van der Waals surface area contributed by atoms with E-state index in [2.05, 4.69) is 4.98 Å². The SMILES string of the molecule is CC(N)c1cccnc1N(C)CC1(O)CCOCC1. The van der Waals surface area contributed by atoms with E-state index < -0.39 is 5.60 Å². The summed E-state index contributed by atoms with van der Waals surface area (Å²) in [5.41, 5.74) is 6.28. The van der Waals surface area contributed by atoms with Crippen molar-refractivity contribution in [1.82, 2.24) is 4.98 Å². The Balaban J connectivity index is 2.13. The summed E-state index contributed by atoms with van der Waals surface area (Å²) in [5.74, 6) is 0.845. The molecule has 1 saturated heterocycles. The molecule has 19 heavy (non-hydrogen) atoms. The highest BCUT2D eigenvalue weighted by Gasteiger charge is 2.32. The number of rotatable bonds is 4. The Morgan fingerprint density at radius 2 is 2.21 bits per heavy atom. The van der Waals surface area contributed by atoms with E-state index >= 15 is 0 Å². The molecular formula is C14H23N3O2. The van der Waals surface area contributed by atoms with Crippen LogP contribution in [0.4, 0.5) is 5.82 Å². The zero-order valence-electron chi connectivity index (χ0n) is 11.7. The molecule has 1 aromatic rings. The van der Waals surface area contributed by atoms with Crippen molar-refractivity contribution in [2.75, 3.05) is 31.7 Å². The summed E-state index contributed by atoms with van der Waals surface area (Å²) in [6.45, 7) is 3.73.